The molecule has 7 heteroatoms. The van der Waals surface area contributed by atoms with Crippen molar-refractivity contribution in [1.29, 1.82) is 0 Å². The van der Waals surface area contributed by atoms with Crippen molar-refractivity contribution in [2.75, 3.05) is 36.5 Å². The van der Waals surface area contributed by atoms with E-state index >= 15 is 0 Å². The lowest BCUT2D eigenvalue weighted by molar-refractivity contribution is -0.118. The van der Waals surface area contributed by atoms with E-state index in [4.69, 9.17) is 9.47 Å². The number of rotatable bonds is 8. The highest BCUT2D eigenvalue weighted by Gasteiger charge is 2.14. The topological polar surface area (TPSA) is 76.6 Å². The lowest BCUT2D eigenvalue weighted by Crippen LogP contribution is -2.20. The molecular weight excluding hydrogens is 392 g/mol. The van der Waals surface area contributed by atoms with E-state index < -0.39 is 0 Å². The molecule has 1 aliphatic heterocycles. The highest BCUT2D eigenvalue weighted by Crippen LogP contribution is 2.23. The predicted molar refractivity (Wildman–Crippen MR) is 121 cm³/mol. The molecule has 2 aromatic carbocycles. The molecule has 0 spiro atoms. The van der Waals surface area contributed by atoms with E-state index in [1.165, 1.54) is 12.8 Å². The summed E-state index contributed by atoms with van der Waals surface area (Å²) in [5.41, 5.74) is 2.35. The van der Waals surface area contributed by atoms with Gasteiger partial charge in [0, 0.05) is 24.3 Å². The third-order valence-electron chi connectivity index (χ3n) is 5.03. The van der Waals surface area contributed by atoms with E-state index in [-0.39, 0.29) is 12.5 Å². The largest absolute Gasteiger partial charge is 0.494 e. The Morgan fingerprint density at radius 2 is 1.71 bits per heavy atom. The Morgan fingerprint density at radius 1 is 0.968 bits per heavy atom. The minimum atomic E-state index is -0.235. The van der Waals surface area contributed by atoms with Crippen LogP contribution in [0.25, 0.3) is 11.3 Å². The molecule has 31 heavy (non-hydrogen) atoms. The Kier molecular flexibility index (Phi) is 6.62. The molecule has 0 atom stereocenters. The quantitative estimate of drug-likeness (QED) is 0.592. The number of anilines is 2. The summed E-state index contributed by atoms with van der Waals surface area (Å²) in [6, 6.07) is 18.7. The molecule has 4 rings (SSSR count). The molecule has 1 aliphatic rings. The molecule has 1 fully saturated rings. The van der Waals surface area contributed by atoms with Crippen LogP contribution in [0, 0.1) is 0 Å². The number of hydrogen-bond donors (Lipinski definition) is 1. The summed E-state index contributed by atoms with van der Waals surface area (Å²) in [6.45, 7) is 4.53. The summed E-state index contributed by atoms with van der Waals surface area (Å²) in [5.74, 6) is 2.06. The van der Waals surface area contributed by atoms with Gasteiger partial charge in [-0.15, -0.1) is 10.2 Å². The molecular formula is C24H26N4O3. The summed E-state index contributed by atoms with van der Waals surface area (Å²) < 4.78 is 11.0. The highest BCUT2D eigenvalue weighted by atomic mass is 16.5. The first-order valence-corrected chi connectivity index (χ1v) is 10.6. The van der Waals surface area contributed by atoms with Gasteiger partial charge in [0.25, 0.3) is 5.91 Å². The lowest BCUT2D eigenvalue weighted by Gasteiger charge is -2.15. The van der Waals surface area contributed by atoms with Crippen LogP contribution in [0.3, 0.4) is 0 Å². The van der Waals surface area contributed by atoms with Crippen molar-refractivity contribution >= 4 is 17.4 Å². The van der Waals surface area contributed by atoms with E-state index in [2.05, 4.69) is 20.4 Å². The first kappa shape index (κ1) is 20.7. The maximum atomic E-state index is 12.3. The first-order valence-electron chi connectivity index (χ1n) is 10.6. The second-order valence-corrected chi connectivity index (χ2v) is 7.29. The number of carbonyl (C=O) groups is 1. The van der Waals surface area contributed by atoms with E-state index in [0.717, 1.165) is 35.9 Å². The smallest absolute Gasteiger partial charge is 0.262 e. The van der Waals surface area contributed by atoms with Crippen molar-refractivity contribution in [1.82, 2.24) is 10.2 Å². The van der Waals surface area contributed by atoms with Gasteiger partial charge in [0.15, 0.2) is 12.4 Å². The molecule has 3 aromatic rings. The van der Waals surface area contributed by atoms with Gasteiger partial charge in [0.2, 0.25) is 0 Å². The van der Waals surface area contributed by atoms with Gasteiger partial charge in [0.1, 0.15) is 11.5 Å². The van der Waals surface area contributed by atoms with E-state index in [9.17, 15) is 4.79 Å². The van der Waals surface area contributed by atoms with E-state index in [1.807, 2.05) is 55.5 Å². The molecule has 0 unspecified atom stereocenters. The number of carbonyl (C=O) groups excluding carboxylic acids is 1. The standard InChI is InChI=1S/C24H26N4O3/c1-2-30-20-8-10-21(11-9-20)31-17-24(29)25-19-7-5-6-18(16-19)22-12-13-23(27-26-22)28-14-3-4-15-28/h5-13,16H,2-4,14-15,17H2,1H3,(H,25,29). The average Bonchev–Trinajstić information content (AvgIpc) is 3.34. The summed E-state index contributed by atoms with van der Waals surface area (Å²) >= 11 is 0. The number of nitrogens with one attached hydrogen (secondary N) is 1. The first-order chi connectivity index (χ1) is 15.2. The summed E-state index contributed by atoms with van der Waals surface area (Å²) in [7, 11) is 0. The van der Waals surface area contributed by atoms with Crippen molar-refractivity contribution < 1.29 is 14.3 Å². The fourth-order valence-electron chi connectivity index (χ4n) is 3.50. The maximum absolute atomic E-state index is 12.3. The van der Waals surface area contributed by atoms with Gasteiger partial charge >= 0.3 is 0 Å². The second-order valence-electron chi connectivity index (χ2n) is 7.29. The SMILES string of the molecule is CCOc1ccc(OCC(=O)Nc2cccc(-c3ccc(N4CCCC4)nn3)c2)cc1. The average molecular weight is 418 g/mol. The molecule has 1 aromatic heterocycles. The predicted octanol–water partition coefficient (Wildman–Crippen LogP) is 4.16. The molecule has 1 amide bonds. The number of ether oxygens (including phenoxy) is 2. The fourth-order valence-corrected chi connectivity index (χ4v) is 3.50. The van der Waals surface area contributed by atoms with Crippen LogP contribution in [-0.4, -0.2) is 42.4 Å². The molecule has 1 saturated heterocycles. The van der Waals surface area contributed by atoms with Crippen molar-refractivity contribution in [2.24, 2.45) is 0 Å². The Hall–Kier alpha value is -3.61. The molecule has 0 saturated carbocycles. The zero-order valence-corrected chi connectivity index (χ0v) is 17.6. The third kappa shape index (κ3) is 5.51. The summed E-state index contributed by atoms with van der Waals surface area (Å²) in [4.78, 5) is 14.5. The molecule has 2 heterocycles. The van der Waals surface area contributed by atoms with Crippen LogP contribution in [0.1, 0.15) is 19.8 Å². The van der Waals surface area contributed by atoms with Gasteiger partial charge in [0.05, 0.1) is 12.3 Å². The lowest BCUT2D eigenvalue weighted by atomic mass is 10.1. The highest BCUT2D eigenvalue weighted by molar-refractivity contribution is 5.92. The van der Waals surface area contributed by atoms with E-state index in [1.54, 1.807) is 12.1 Å². The molecule has 7 nitrogen and oxygen atoms in total. The molecule has 1 N–H and O–H groups in total. The van der Waals surface area contributed by atoms with Crippen LogP contribution in [-0.2, 0) is 4.79 Å². The number of benzene rings is 2. The van der Waals surface area contributed by atoms with Crippen LogP contribution < -0.4 is 19.7 Å². The van der Waals surface area contributed by atoms with Gasteiger partial charge < -0.3 is 19.7 Å². The second kappa shape index (κ2) is 9.93. The van der Waals surface area contributed by atoms with Crippen LogP contribution in [0.4, 0.5) is 11.5 Å². The minimum absolute atomic E-state index is 0.0808. The fraction of sp³-hybridized carbons (Fsp3) is 0.292. The maximum Gasteiger partial charge on any atom is 0.262 e. The van der Waals surface area contributed by atoms with E-state index in [0.29, 0.717) is 18.0 Å². The van der Waals surface area contributed by atoms with Crippen molar-refractivity contribution in [3.8, 4) is 22.8 Å². The molecule has 160 valence electrons. The molecule has 0 bridgehead atoms. The van der Waals surface area contributed by atoms with Crippen LogP contribution in [0.2, 0.25) is 0 Å². The Balaban J connectivity index is 1.34. The minimum Gasteiger partial charge on any atom is -0.494 e. The van der Waals surface area contributed by atoms with Crippen LogP contribution >= 0.6 is 0 Å². The van der Waals surface area contributed by atoms with Crippen molar-refractivity contribution in [3.63, 3.8) is 0 Å². The van der Waals surface area contributed by atoms with Gasteiger partial charge in [-0.3, -0.25) is 4.79 Å². The van der Waals surface area contributed by atoms with Crippen LogP contribution in [0.5, 0.6) is 11.5 Å². The van der Waals surface area contributed by atoms with Crippen LogP contribution in [0.15, 0.2) is 60.7 Å². The third-order valence-corrected chi connectivity index (χ3v) is 5.03. The van der Waals surface area contributed by atoms with Gasteiger partial charge in [-0.05, 0) is 68.3 Å². The monoisotopic (exact) mass is 418 g/mol. The molecule has 0 radical (unpaired) electrons. The number of nitrogens with zero attached hydrogens (tertiary/aromatic N) is 3. The van der Waals surface area contributed by atoms with Gasteiger partial charge in [-0.1, -0.05) is 12.1 Å². The van der Waals surface area contributed by atoms with Gasteiger partial charge in [-0.2, -0.15) is 0 Å². The number of hydrogen-bond acceptors (Lipinski definition) is 6. The van der Waals surface area contributed by atoms with Crippen molar-refractivity contribution in [2.45, 2.75) is 19.8 Å². The Labute approximate surface area is 182 Å². The Morgan fingerprint density at radius 3 is 2.39 bits per heavy atom. The normalized spacial score (nSPS) is 13.1. The van der Waals surface area contributed by atoms with Crippen molar-refractivity contribution in [3.05, 3.63) is 60.7 Å². The number of aromatic nitrogens is 2. The number of amides is 1. The Bertz CT molecular complexity index is 1000. The zero-order valence-electron chi connectivity index (χ0n) is 17.6. The summed E-state index contributed by atoms with van der Waals surface area (Å²) in [6.07, 6.45) is 2.40. The summed E-state index contributed by atoms with van der Waals surface area (Å²) in [5, 5.41) is 11.6. The molecule has 0 aliphatic carbocycles. The zero-order chi connectivity index (χ0) is 21.5. The van der Waals surface area contributed by atoms with Gasteiger partial charge in [-0.25, -0.2) is 0 Å².